The second-order valence-corrected chi connectivity index (χ2v) is 8.14. The van der Waals surface area contributed by atoms with E-state index in [2.05, 4.69) is 15.9 Å². The first-order valence-corrected chi connectivity index (χ1v) is 9.48. The van der Waals surface area contributed by atoms with E-state index in [1.165, 1.54) is 0 Å². The third-order valence-electron chi connectivity index (χ3n) is 3.38. The van der Waals surface area contributed by atoms with Crippen LogP contribution in [0, 0.1) is 6.92 Å². The van der Waals surface area contributed by atoms with Crippen molar-refractivity contribution in [2.24, 2.45) is 0 Å². The molecule has 0 N–H and O–H groups in total. The summed E-state index contributed by atoms with van der Waals surface area (Å²) in [6, 6.07) is 14.8. The van der Waals surface area contributed by atoms with Gasteiger partial charge in [-0.3, -0.25) is 0 Å². The molecule has 0 aliphatic rings. The summed E-state index contributed by atoms with van der Waals surface area (Å²) < 4.78 is 28.2. The average molecular weight is 382 g/mol. The Labute approximate surface area is 141 Å². The predicted octanol–water partition coefficient (Wildman–Crippen LogP) is 4.36. The Hall–Kier alpha value is -1.17. The zero-order chi connectivity index (χ0) is 16.2. The second kappa shape index (κ2) is 7.40. The van der Waals surface area contributed by atoms with Gasteiger partial charge in [-0.2, -0.15) is 4.31 Å². The Balaban J connectivity index is 2.31. The lowest BCUT2D eigenvalue weighted by atomic mass is 10.2. The summed E-state index contributed by atoms with van der Waals surface area (Å²) in [6.07, 6.45) is 0.777. The molecule has 0 saturated carbocycles. The van der Waals surface area contributed by atoms with E-state index in [1.807, 2.05) is 50.2 Å². The minimum absolute atomic E-state index is 0.349. The van der Waals surface area contributed by atoms with E-state index >= 15 is 0 Å². The van der Waals surface area contributed by atoms with Gasteiger partial charge in [0.1, 0.15) is 0 Å². The lowest BCUT2D eigenvalue weighted by Crippen LogP contribution is -2.31. The van der Waals surface area contributed by atoms with E-state index in [9.17, 15) is 8.42 Å². The van der Waals surface area contributed by atoms with Gasteiger partial charge >= 0.3 is 0 Å². The molecule has 0 amide bonds. The van der Waals surface area contributed by atoms with Crippen molar-refractivity contribution in [3.8, 4) is 0 Å². The van der Waals surface area contributed by atoms with E-state index in [0.29, 0.717) is 18.0 Å². The van der Waals surface area contributed by atoms with Gasteiger partial charge in [0.2, 0.25) is 10.0 Å². The molecule has 0 radical (unpaired) electrons. The largest absolute Gasteiger partial charge is 0.243 e. The van der Waals surface area contributed by atoms with Gasteiger partial charge in [0.05, 0.1) is 4.90 Å². The number of hydrogen-bond acceptors (Lipinski definition) is 2. The van der Waals surface area contributed by atoms with Crippen LogP contribution in [0.15, 0.2) is 57.9 Å². The predicted molar refractivity (Wildman–Crippen MR) is 93.2 cm³/mol. The number of benzene rings is 2. The summed E-state index contributed by atoms with van der Waals surface area (Å²) in [7, 11) is -3.47. The van der Waals surface area contributed by atoms with Gasteiger partial charge in [-0.05, 0) is 43.2 Å². The lowest BCUT2D eigenvalue weighted by Gasteiger charge is -2.22. The van der Waals surface area contributed by atoms with Crippen LogP contribution in [0.4, 0.5) is 0 Å². The fourth-order valence-electron chi connectivity index (χ4n) is 2.23. The van der Waals surface area contributed by atoms with Crippen LogP contribution in [0.5, 0.6) is 0 Å². The standard InChI is InChI=1S/C17H20BrNO2S/c1-3-11-19(13-15-5-4-6-16(18)12-15)22(20,21)17-9-7-14(2)8-10-17/h4-10,12H,3,11,13H2,1-2H3. The number of sulfonamides is 1. The molecule has 0 heterocycles. The Kier molecular flexibility index (Phi) is 5.78. The van der Waals surface area contributed by atoms with Crippen LogP contribution in [0.2, 0.25) is 0 Å². The van der Waals surface area contributed by atoms with Gasteiger partial charge in [0.25, 0.3) is 0 Å². The van der Waals surface area contributed by atoms with Crippen LogP contribution in [0.3, 0.4) is 0 Å². The van der Waals surface area contributed by atoms with Crippen molar-refractivity contribution in [2.75, 3.05) is 6.54 Å². The maximum atomic E-state index is 12.8. The number of aryl methyl sites for hydroxylation is 1. The van der Waals surface area contributed by atoms with Crippen LogP contribution in [0.1, 0.15) is 24.5 Å². The van der Waals surface area contributed by atoms with Crippen LogP contribution >= 0.6 is 15.9 Å². The molecule has 22 heavy (non-hydrogen) atoms. The highest BCUT2D eigenvalue weighted by molar-refractivity contribution is 9.10. The van der Waals surface area contributed by atoms with E-state index in [1.54, 1.807) is 16.4 Å². The Morgan fingerprint density at radius 2 is 1.77 bits per heavy atom. The summed E-state index contributed by atoms with van der Waals surface area (Å²) in [5, 5.41) is 0. The molecule has 0 fully saturated rings. The normalized spacial score (nSPS) is 11.8. The Morgan fingerprint density at radius 1 is 1.09 bits per heavy atom. The first-order chi connectivity index (χ1) is 10.4. The molecular formula is C17H20BrNO2S. The molecular weight excluding hydrogens is 362 g/mol. The van der Waals surface area contributed by atoms with E-state index in [-0.39, 0.29) is 0 Å². The molecule has 3 nitrogen and oxygen atoms in total. The molecule has 118 valence electrons. The van der Waals surface area contributed by atoms with Gasteiger partial charge in [0, 0.05) is 17.6 Å². The molecule has 0 aromatic heterocycles. The van der Waals surface area contributed by atoms with Gasteiger partial charge in [-0.1, -0.05) is 52.7 Å². The first kappa shape index (κ1) is 17.2. The zero-order valence-corrected chi connectivity index (χ0v) is 15.2. The first-order valence-electron chi connectivity index (χ1n) is 7.24. The molecule has 2 aromatic carbocycles. The smallest absolute Gasteiger partial charge is 0.207 e. The summed E-state index contributed by atoms with van der Waals surface area (Å²) in [6.45, 7) is 4.81. The summed E-state index contributed by atoms with van der Waals surface area (Å²) in [4.78, 5) is 0.349. The van der Waals surface area contributed by atoms with E-state index in [4.69, 9.17) is 0 Å². The Bertz CT molecular complexity index is 727. The lowest BCUT2D eigenvalue weighted by molar-refractivity contribution is 0.405. The monoisotopic (exact) mass is 381 g/mol. The summed E-state index contributed by atoms with van der Waals surface area (Å²) in [5.74, 6) is 0. The van der Waals surface area contributed by atoms with Gasteiger partial charge in [-0.25, -0.2) is 8.42 Å². The summed E-state index contributed by atoms with van der Waals surface area (Å²) in [5.41, 5.74) is 2.02. The molecule has 5 heteroatoms. The van der Waals surface area contributed by atoms with Gasteiger partial charge < -0.3 is 0 Å². The highest BCUT2D eigenvalue weighted by atomic mass is 79.9. The maximum Gasteiger partial charge on any atom is 0.243 e. The fourth-order valence-corrected chi connectivity index (χ4v) is 4.20. The van der Waals surface area contributed by atoms with Crippen molar-refractivity contribution >= 4 is 26.0 Å². The average Bonchev–Trinajstić information content (AvgIpc) is 2.47. The van der Waals surface area contributed by atoms with Gasteiger partial charge in [-0.15, -0.1) is 0 Å². The SMILES string of the molecule is CCCN(Cc1cccc(Br)c1)S(=O)(=O)c1ccc(C)cc1. The Morgan fingerprint density at radius 3 is 2.36 bits per heavy atom. The minimum atomic E-state index is -3.47. The second-order valence-electron chi connectivity index (χ2n) is 5.28. The molecule has 0 saturated heterocycles. The number of rotatable bonds is 6. The molecule has 2 rings (SSSR count). The zero-order valence-electron chi connectivity index (χ0n) is 12.8. The van der Waals surface area contributed by atoms with Crippen molar-refractivity contribution < 1.29 is 8.42 Å². The molecule has 0 unspecified atom stereocenters. The van der Waals surface area contributed by atoms with Crippen molar-refractivity contribution in [1.29, 1.82) is 0 Å². The minimum Gasteiger partial charge on any atom is -0.207 e. The highest BCUT2D eigenvalue weighted by Gasteiger charge is 2.23. The molecule has 0 atom stereocenters. The molecule has 2 aromatic rings. The van der Waals surface area contributed by atoms with Gasteiger partial charge in [0.15, 0.2) is 0 Å². The van der Waals surface area contributed by atoms with E-state index in [0.717, 1.165) is 22.0 Å². The molecule has 0 spiro atoms. The topological polar surface area (TPSA) is 37.4 Å². The van der Waals surface area contributed by atoms with Crippen molar-refractivity contribution in [3.05, 3.63) is 64.1 Å². The quantitative estimate of drug-likeness (QED) is 0.745. The number of nitrogens with zero attached hydrogens (tertiary/aromatic N) is 1. The van der Waals surface area contributed by atoms with Crippen molar-refractivity contribution in [2.45, 2.75) is 31.7 Å². The number of hydrogen-bond donors (Lipinski definition) is 0. The molecule has 0 bridgehead atoms. The maximum absolute atomic E-state index is 12.8. The third kappa shape index (κ3) is 4.18. The fraction of sp³-hybridized carbons (Fsp3) is 0.294. The highest BCUT2D eigenvalue weighted by Crippen LogP contribution is 2.20. The van der Waals surface area contributed by atoms with Crippen LogP contribution in [0.25, 0.3) is 0 Å². The summed E-state index contributed by atoms with van der Waals surface area (Å²) >= 11 is 3.43. The van der Waals surface area contributed by atoms with Crippen molar-refractivity contribution in [3.63, 3.8) is 0 Å². The van der Waals surface area contributed by atoms with E-state index < -0.39 is 10.0 Å². The molecule has 0 aliphatic heterocycles. The third-order valence-corrected chi connectivity index (χ3v) is 5.73. The number of halogens is 1. The van der Waals surface area contributed by atoms with Crippen molar-refractivity contribution in [1.82, 2.24) is 4.31 Å². The molecule has 0 aliphatic carbocycles. The van der Waals surface area contributed by atoms with Crippen LogP contribution in [-0.4, -0.2) is 19.3 Å². The van der Waals surface area contributed by atoms with Crippen LogP contribution in [-0.2, 0) is 16.6 Å². The van der Waals surface area contributed by atoms with Crippen LogP contribution < -0.4 is 0 Å².